The molecule has 1 fully saturated rings. The van der Waals surface area contributed by atoms with Crippen molar-refractivity contribution in [3.8, 4) is 11.8 Å². The van der Waals surface area contributed by atoms with Crippen molar-refractivity contribution >= 4 is 0 Å². The Morgan fingerprint density at radius 3 is 2.74 bits per heavy atom. The summed E-state index contributed by atoms with van der Waals surface area (Å²) >= 11 is 0. The van der Waals surface area contributed by atoms with E-state index in [2.05, 4.69) is 43.0 Å². The van der Waals surface area contributed by atoms with Crippen LogP contribution in [0.2, 0.25) is 0 Å². The summed E-state index contributed by atoms with van der Waals surface area (Å²) in [7, 11) is 0. The Balaban J connectivity index is 1.95. The molecule has 0 aromatic heterocycles. The van der Waals surface area contributed by atoms with Gasteiger partial charge in [-0.15, -0.1) is 0 Å². The van der Waals surface area contributed by atoms with E-state index < -0.39 is 5.60 Å². The van der Waals surface area contributed by atoms with E-state index in [9.17, 15) is 5.11 Å². The average molecular weight is 256 g/mol. The van der Waals surface area contributed by atoms with Crippen molar-refractivity contribution in [1.82, 2.24) is 0 Å². The summed E-state index contributed by atoms with van der Waals surface area (Å²) in [6, 6.07) is 8.43. The van der Waals surface area contributed by atoms with E-state index >= 15 is 0 Å². The van der Waals surface area contributed by atoms with Gasteiger partial charge in [0.05, 0.1) is 5.60 Å². The highest BCUT2D eigenvalue weighted by Gasteiger charge is 2.28. The molecule has 1 aliphatic rings. The van der Waals surface area contributed by atoms with E-state index in [1.165, 1.54) is 24.8 Å². The van der Waals surface area contributed by atoms with Crippen molar-refractivity contribution in [2.24, 2.45) is 0 Å². The van der Waals surface area contributed by atoms with Gasteiger partial charge in [-0.25, -0.2) is 0 Å². The molecule has 2 rings (SSSR count). The van der Waals surface area contributed by atoms with E-state index in [-0.39, 0.29) is 0 Å². The van der Waals surface area contributed by atoms with Gasteiger partial charge in [0.15, 0.2) is 0 Å². The topological polar surface area (TPSA) is 20.2 Å². The van der Waals surface area contributed by atoms with Crippen molar-refractivity contribution in [1.29, 1.82) is 0 Å². The minimum Gasteiger partial charge on any atom is -0.390 e. The third-order valence-electron chi connectivity index (χ3n) is 4.00. The van der Waals surface area contributed by atoms with Gasteiger partial charge in [0.2, 0.25) is 0 Å². The van der Waals surface area contributed by atoms with Crippen molar-refractivity contribution < 1.29 is 5.11 Å². The van der Waals surface area contributed by atoms with Crippen molar-refractivity contribution in [3.63, 3.8) is 0 Å². The maximum Gasteiger partial charge on any atom is 0.0651 e. The number of rotatable bonds is 3. The Labute approximate surface area is 117 Å². The standard InChI is InChI=1S/C18H24O/c1-2-3-8-16-9-7-10-17(15-16)11-14-18(19)12-5-4-6-13-18/h7,9-10,15,19H,2,4-6,11-14H2,1H3. The number of benzene rings is 1. The Kier molecular flexibility index (Phi) is 5.05. The SMILES string of the molecule is CCC#Cc1cccc(CCC2(O)CCCCC2)c1. The lowest BCUT2D eigenvalue weighted by molar-refractivity contribution is -0.00342. The molecule has 1 nitrogen and oxygen atoms in total. The molecule has 102 valence electrons. The molecule has 0 amide bonds. The van der Waals surface area contributed by atoms with Crippen molar-refractivity contribution in [2.75, 3.05) is 0 Å². The van der Waals surface area contributed by atoms with E-state index in [0.29, 0.717) is 0 Å². The van der Waals surface area contributed by atoms with E-state index in [4.69, 9.17) is 0 Å². The lowest BCUT2D eigenvalue weighted by atomic mass is 9.81. The summed E-state index contributed by atoms with van der Waals surface area (Å²) < 4.78 is 0. The number of aryl methyl sites for hydroxylation is 1. The van der Waals surface area contributed by atoms with Gasteiger partial charge in [-0.3, -0.25) is 0 Å². The summed E-state index contributed by atoms with van der Waals surface area (Å²) in [5.74, 6) is 6.28. The van der Waals surface area contributed by atoms with Crippen LogP contribution in [0.15, 0.2) is 24.3 Å². The number of hydrogen-bond donors (Lipinski definition) is 1. The second-order valence-corrected chi connectivity index (χ2v) is 5.64. The largest absolute Gasteiger partial charge is 0.390 e. The molecule has 0 bridgehead atoms. The normalized spacial score (nSPS) is 17.6. The third kappa shape index (κ3) is 4.40. The first-order valence-electron chi connectivity index (χ1n) is 7.52. The van der Waals surface area contributed by atoms with Crippen LogP contribution < -0.4 is 0 Å². The fourth-order valence-corrected chi connectivity index (χ4v) is 2.83. The Hall–Kier alpha value is -1.26. The summed E-state index contributed by atoms with van der Waals surface area (Å²) in [5.41, 5.74) is 1.97. The molecule has 1 aliphatic carbocycles. The summed E-state index contributed by atoms with van der Waals surface area (Å²) in [6.45, 7) is 2.06. The van der Waals surface area contributed by atoms with Crippen LogP contribution in [-0.2, 0) is 6.42 Å². The summed E-state index contributed by atoms with van der Waals surface area (Å²) in [5, 5.41) is 10.5. The minimum absolute atomic E-state index is 0.413. The average Bonchev–Trinajstić information content (AvgIpc) is 2.44. The molecule has 0 spiro atoms. The fraction of sp³-hybridized carbons (Fsp3) is 0.556. The van der Waals surface area contributed by atoms with Crippen molar-refractivity contribution in [3.05, 3.63) is 35.4 Å². The maximum absolute atomic E-state index is 10.5. The van der Waals surface area contributed by atoms with Crippen LogP contribution in [0.4, 0.5) is 0 Å². The van der Waals surface area contributed by atoms with Gasteiger partial charge in [0.1, 0.15) is 0 Å². The molecule has 0 saturated heterocycles. The van der Waals surface area contributed by atoms with Gasteiger partial charge in [-0.05, 0) is 43.4 Å². The molecule has 0 radical (unpaired) electrons. The molecular weight excluding hydrogens is 232 g/mol. The lowest BCUT2D eigenvalue weighted by Gasteiger charge is -2.32. The van der Waals surface area contributed by atoms with Crippen molar-refractivity contribution in [2.45, 2.75) is 63.9 Å². The molecule has 1 N–H and O–H groups in total. The zero-order valence-electron chi connectivity index (χ0n) is 11.9. The number of hydrogen-bond acceptors (Lipinski definition) is 1. The molecule has 0 aliphatic heterocycles. The highest BCUT2D eigenvalue weighted by Crippen LogP contribution is 2.31. The molecule has 19 heavy (non-hydrogen) atoms. The molecular formula is C18H24O. The first-order chi connectivity index (χ1) is 9.22. The zero-order valence-corrected chi connectivity index (χ0v) is 11.9. The maximum atomic E-state index is 10.5. The first-order valence-corrected chi connectivity index (χ1v) is 7.52. The Morgan fingerprint density at radius 2 is 2.00 bits per heavy atom. The summed E-state index contributed by atoms with van der Waals surface area (Å²) in [6.07, 6.45) is 8.33. The molecule has 1 aromatic rings. The van der Waals surface area contributed by atoms with Gasteiger partial charge >= 0.3 is 0 Å². The second-order valence-electron chi connectivity index (χ2n) is 5.64. The van der Waals surface area contributed by atoms with Crippen LogP contribution >= 0.6 is 0 Å². The first kappa shape index (κ1) is 14.2. The van der Waals surface area contributed by atoms with Crippen LogP contribution in [0.25, 0.3) is 0 Å². The highest BCUT2D eigenvalue weighted by atomic mass is 16.3. The molecule has 1 aromatic carbocycles. The van der Waals surface area contributed by atoms with Crippen LogP contribution in [0.1, 0.15) is 63.0 Å². The Morgan fingerprint density at radius 1 is 1.21 bits per heavy atom. The van der Waals surface area contributed by atoms with Crippen LogP contribution in [0.3, 0.4) is 0 Å². The van der Waals surface area contributed by atoms with Crippen LogP contribution in [0, 0.1) is 11.8 Å². The molecule has 0 atom stereocenters. The molecule has 1 heteroatoms. The fourth-order valence-electron chi connectivity index (χ4n) is 2.83. The number of aliphatic hydroxyl groups is 1. The van der Waals surface area contributed by atoms with Gasteiger partial charge in [0, 0.05) is 12.0 Å². The monoisotopic (exact) mass is 256 g/mol. The van der Waals surface area contributed by atoms with E-state index in [1.54, 1.807) is 0 Å². The molecule has 0 heterocycles. The quantitative estimate of drug-likeness (QED) is 0.808. The van der Waals surface area contributed by atoms with Gasteiger partial charge < -0.3 is 5.11 Å². The minimum atomic E-state index is -0.413. The molecule has 0 unspecified atom stereocenters. The predicted octanol–water partition coefficient (Wildman–Crippen LogP) is 4.08. The van der Waals surface area contributed by atoms with E-state index in [1.807, 2.05) is 0 Å². The smallest absolute Gasteiger partial charge is 0.0651 e. The van der Waals surface area contributed by atoms with E-state index in [0.717, 1.165) is 37.7 Å². The highest BCUT2D eigenvalue weighted by molar-refractivity contribution is 5.37. The predicted molar refractivity (Wildman–Crippen MR) is 80.0 cm³/mol. The molecule has 1 saturated carbocycles. The second kappa shape index (κ2) is 6.78. The van der Waals surface area contributed by atoms with Gasteiger partial charge in [-0.2, -0.15) is 0 Å². The Bertz CT molecular complexity index is 458. The summed E-state index contributed by atoms with van der Waals surface area (Å²) in [4.78, 5) is 0. The zero-order chi connectivity index (χ0) is 13.6. The van der Waals surface area contributed by atoms with Crippen LogP contribution in [0.5, 0.6) is 0 Å². The van der Waals surface area contributed by atoms with Crippen LogP contribution in [-0.4, -0.2) is 10.7 Å². The van der Waals surface area contributed by atoms with Gasteiger partial charge in [0.25, 0.3) is 0 Å². The lowest BCUT2D eigenvalue weighted by Crippen LogP contribution is -2.31. The third-order valence-corrected chi connectivity index (χ3v) is 4.00. The van der Waals surface area contributed by atoms with Gasteiger partial charge in [-0.1, -0.05) is 50.2 Å².